The van der Waals surface area contributed by atoms with E-state index in [2.05, 4.69) is 5.32 Å². The molecule has 5 N–H and O–H groups in total. The van der Waals surface area contributed by atoms with Crippen molar-refractivity contribution in [2.75, 3.05) is 5.32 Å². The molecule has 2 fully saturated rings. The number of para-hydroxylation sites is 1. The molecule has 4 rings (SSSR count). The number of carbonyl (C=O) groups is 3. The van der Waals surface area contributed by atoms with E-state index in [1.807, 2.05) is 38.1 Å². The van der Waals surface area contributed by atoms with Crippen molar-refractivity contribution in [2.45, 2.75) is 134 Å². The summed E-state index contributed by atoms with van der Waals surface area (Å²) in [5.74, 6) is -0.0629. The number of anilines is 1. The molecule has 2 aromatic carbocycles. The SMILES string of the molecule is CCC(c1ccc(OC(=O)CCC2CCCC2)c(NC(=O)CCC(P(=O)(O)O)P(=O)(O)O)c1)C(CC)c1ccccc1OC(=O)CCC1CCCC1. The molecule has 288 valence electrons. The van der Waals surface area contributed by atoms with Crippen molar-refractivity contribution in [2.24, 2.45) is 11.8 Å². The largest absolute Gasteiger partial charge is 0.426 e. The van der Waals surface area contributed by atoms with Gasteiger partial charge in [0, 0.05) is 19.3 Å². The van der Waals surface area contributed by atoms with Crippen LogP contribution in [0.15, 0.2) is 42.5 Å². The number of hydrogen-bond acceptors (Lipinski definition) is 7. The molecule has 2 aliphatic carbocycles. The highest BCUT2D eigenvalue weighted by atomic mass is 31.2. The zero-order valence-corrected chi connectivity index (χ0v) is 32.1. The van der Waals surface area contributed by atoms with Gasteiger partial charge in [0.05, 0.1) is 5.69 Å². The summed E-state index contributed by atoms with van der Waals surface area (Å²) in [6.07, 6.45) is 11.3. The molecule has 2 unspecified atom stereocenters. The minimum absolute atomic E-state index is 0.0922. The first-order chi connectivity index (χ1) is 24.7. The molecule has 2 saturated carbocycles. The Morgan fingerprint density at radius 2 is 1.25 bits per heavy atom. The Balaban J connectivity index is 1.57. The van der Waals surface area contributed by atoms with Crippen LogP contribution >= 0.6 is 15.2 Å². The predicted molar refractivity (Wildman–Crippen MR) is 198 cm³/mol. The second-order valence-electron chi connectivity index (χ2n) is 14.4. The number of benzene rings is 2. The van der Waals surface area contributed by atoms with Crippen LogP contribution < -0.4 is 14.8 Å². The molecule has 2 atom stereocenters. The first-order valence-corrected chi connectivity index (χ1v) is 22.1. The van der Waals surface area contributed by atoms with Crippen LogP contribution in [0.25, 0.3) is 0 Å². The van der Waals surface area contributed by atoms with Gasteiger partial charge < -0.3 is 34.4 Å². The number of rotatable bonds is 19. The Morgan fingerprint density at radius 1 is 0.731 bits per heavy atom. The monoisotopic (exact) mass is 763 g/mol. The number of ether oxygens (including phenoxy) is 2. The van der Waals surface area contributed by atoms with E-state index in [-0.39, 0.29) is 35.7 Å². The molecular formula is C38H55NO11P2. The van der Waals surface area contributed by atoms with Crippen molar-refractivity contribution < 1.29 is 52.6 Å². The summed E-state index contributed by atoms with van der Waals surface area (Å²) in [5, 5.41) is 0.348. The Kier molecular flexibility index (Phi) is 15.7. The number of amides is 1. The first-order valence-electron chi connectivity index (χ1n) is 18.7. The lowest BCUT2D eigenvalue weighted by atomic mass is 9.78. The third kappa shape index (κ3) is 12.4. The van der Waals surface area contributed by atoms with Crippen LogP contribution in [-0.2, 0) is 23.5 Å². The lowest BCUT2D eigenvalue weighted by molar-refractivity contribution is -0.135. The molecule has 1 amide bonds. The van der Waals surface area contributed by atoms with Gasteiger partial charge in [-0.2, -0.15) is 0 Å². The van der Waals surface area contributed by atoms with Crippen LogP contribution in [0.1, 0.15) is 140 Å². The van der Waals surface area contributed by atoms with E-state index in [4.69, 9.17) is 9.47 Å². The molecule has 0 aliphatic heterocycles. The van der Waals surface area contributed by atoms with Crippen LogP contribution in [0.3, 0.4) is 0 Å². The Hall–Kier alpha value is -2.85. The molecule has 14 heteroatoms. The van der Waals surface area contributed by atoms with E-state index in [1.54, 1.807) is 18.2 Å². The molecule has 0 bridgehead atoms. The molecule has 0 heterocycles. The maximum Gasteiger partial charge on any atom is 0.340 e. The van der Waals surface area contributed by atoms with E-state index in [9.17, 15) is 43.1 Å². The molecule has 52 heavy (non-hydrogen) atoms. The summed E-state index contributed by atoms with van der Waals surface area (Å²) in [4.78, 5) is 77.1. The van der Waals surface area contributed by atoms with Gasteiger partial charge in [0.2, 0.25) is 5.91 Å². The van der Waals surface area contributed by atoms with Crippen molar-refractivity contribution in [3.63, 3.8) is 0 Å². The topological polar surface area (TPSA) is 197 Å². The van der Waals surface area contributed by atoms with Gasteiger partial charge in [0.25, 0.3) is 0 Å². The molecule has 12 nitrogen and oxygen atoms in total. The zero-order valence-electron chi connectivity index (χ0n) is 30.3. The second-order valence-corrected chi connectivity index (χ2v) is 18.4. The fraction of sp³-hybridized carbons (Fsp3) is 0.605. The maximum absolute atomic E-state index is 13.1. The zero-order chi connectivity index (χ0) is 37.9. The average molecular weight is 764 g/mol. The van der Waals surface area contributed by atoms with Gasteiger partial charge in [-0.05, 0) is 85.1 Å². The standard InChI is InChI=1S/C38H55NO11P2/c1-3-29(30(4-2)31-15-9-10-16-33(31)49-36(41)22-17-26-11-5-6-12-26)28-19-20-34(50-37(42)23-18-27-13-7-8-14-27)32(25-28)39-35(40)21-24-38(51(43,44)45)52(46,47)48/h9-10,15-16,19-20,25-27,29-30,38H,3-8,11-14,17-18,21-24H2,1-2H3,(H,39,40)(H2,43,44,45)(H2,46,47,48). The summed E-state index contributed by atoms with van der Waals surface area (Å²) in [6, 6.07) is 12.6. The van der Waals surface area contributed by atoms with E-state index >= 15 is 0 Å². The number of nitrogens with one attached hydrogen (secondary N) is 1. The second kappa shape index (κ2) is 19.5. The van der Waals surface area contributed by atoms with Gasteiger partial charge in [-0.25, -0.2) is 0 Å². The first kappa shape index (κ1) is 41.9. The van der Waals surface area contributed by atoms with Gasteiger partial charge in [-0.3, -0.25) is 23.5 Å². The van der Waals surface area contributed by atoms with Crippen LogP contribution in [0, 0.1) is 11.8 Å². The predicted octanol–water partition coefficient (Wildman–Crippen LogP) is 8.53. The highest BCUT2D eigenvalue weighted by molar-refractivity contribution is 7.70. The van der Waals surface area contributed by atoms with Crippen LogP contribution in [-0.4, -0.2) is 42.8 Å². The minimum Gasteiger partial charge on any atom is -0.426 e. The summed E-state index contributed by atoms with van der Waals surface area (Å²) >= 11 is 0. The van der Waals surface area contributed by atoms with Crippen molar-refractivity contribution >= 4 is 38.7 Å². The van der Waals surface area contributed by atoms with Crippen molar-refractivity contribution in [3.05, 3.63) is 53.6 Å². The van der Waals surface area contributed by atoms with Gasteiger partial charge in [0.15, 0.2) is 11.1 Å². The Labute approximate surface area is 306 Å². The van der Waals surface area contributed by atoms with E-state index in [1.165, 1.54) is 12.8 Å². The lowest BCUT2D eigenvalue weighted by Crippen LogP contribution is -2.19. The molecule has 0 saturated heterocycles. The molecule has 2 aliphatic rings. The summed E-state index contributed by atoms with van der Waals surface area (Å²) in [5.41, 5.74) is 1.83. The third-order valence-electron chi connectivity index (χ3n) is 10.7. The Morgan fingerprint density at radius 3 is 1.77 bits per heavy atom. The molecule has 2 aromatic rings. The third-order valence-corrected chi connectivity index (χ3v) is 14.6. The highest BCUT2D eigenvalue weighted by Gasteiger charge is 2.43. The molecular weight excluding hydrogens is 708 g/mol. The molecule has 0 aromatic heterocycles. The molecule has 0 radical (unpaired) electrons. The average Bonchev–Trinajstić information content (AvgIpc) is 3.80. The smallest absolute Gasteiger partial charge is 0.340 e. The fourth-order valence-electron chi connectivity index (χ4n) is 7.91. The van der Waals surface area contributed by atoms with Crippen LogP contribution in [0.5, 0.6) is 11.5 Å². The number of hydrogen-bond donors (Lipinski definition) is 5. The van der Waals surface area contributed by atoms with Crippen molar-refractivity contribution in [1.29, 1.82) is 0 Å². The summed E-state index contributed by atoms with van der Waals surface area (Å²) < 4.78 is 35.3. The lowest BCUT2D eigenvalue weighted by Gasteiger charge is -2.28. The highest BCUT2D eigenvalue weighted by Crippen LogP contribution is 2.61. The van der Waals surface area contributed by atoms with Gasteiger partial charge in [-0.1, -0.05) is 89.5 Å². The van der Waals surface area contributed by atoms with Crippen LogP contribution in [0.4, 0.5) is 5.69 Å². The normalized spacial score (nSPS) is 16.9. The van der Waals surface area contributed by atoms with Gasteiger partial charge in [0.1, 0.15) is 5.75 Å². The van der Waals surface area contributed by atoms with Gasteiger partial charge in [-0.15, -0.1) is 0 Å². The van der Waals surface area contributed by atoms with E-state index < -0.39 is 45.3 Å². The van der Waals surface area contributed by atoms with Crippen molar-refractivity contribution in [3.8, 4) is 11.5 Å². The summed E-state index contributed by atoms with van der Waals surface area (Å²) in [6.45, 7) is 4.08. The minimum atomic E-state index is -5.22. The molecule has 0 spiro atoms. The van der Waals surface area contributed by atoms with Crippen LogP contribution in [0.2, 0.25) is 0 Å². The number of esters is 2. The number of carbonyl (C=O) groups excluding carboxylic acids is 3. The maximum atomic E-state index is 13.1. The van der Waals surface area contributed by atoms with Gasteiger partial charge >= 0.3 is 27.1 Å². The Bertz CT molecular complexity index is 1590. The summed E-state index contributed by atoms with van der Waals surface area (Å²) in [7, 11) is -10.4. The van der Waals surface area contributed by atoms with E-state index in [0.29, 0.717) is 43.3 Å². The van der Waals surface area contributed by atoms with E-state index in [0.717, 1.165) is 56.1 Å². The van der Waals surface area contributed by atoms with Crippen molar-refractivity contribution in [1.82, 2.24) is 0 Å². The quantitative estimate of drug-likeness (QED) is 0.0522. The fourth-order valence-corrected chi connectivity index (χ4v) is 10.4.